The van der Waals surface area contributed by atoms with Gasteiger partial charge in [-0.3, -0.25) is 9.89 Å². The molecule has 0 saturated heterocycles. The number of aryl methyl sites for hydroxylation is 1. The summed E-state index contributed by atoms with van der Waals surface area (Å²) >= 11 is 5.52. The van der Waals surface area contributed by atoms with Crippen LogP contribution in [0.4, 0.5) is 0 Å². The third-order valence-electron chi connectivity index (χ3n) is 2.20. The molecule has 0 saturated carbocycles. The van der Waals surface area contributed by atoms with Crippen LogP contribution in [0.25, 0.3) is 0 Å². The Kier molecular flexibility index (Phi) is 5.18. The van der Waals surface area contributed by atoms with E-state index in [1.54, 1.807) is 6.20 Å². The number of halogens is 1. The number of H-pyrrole nitrogens is 1. The second kappa shape index (κ2) is 6.45. The summed E-state index contributed by atoms with van der Waals surface area (Å²) in [7, 11) is 0. The highest BCUT2D eigenvalue weighted by atomic mass is 35.5. The molecule has 0 spiro atoms. The van der Waals surface area contributed by atoms with E-state index in [4.69, 9.17) is 11.6 Å². The number of aromatic amines is 1. The second-order valence-electron chi connectivity index (χ2n) is 3.44. The molecule has 0 bridgehead atoms. The molecule has 2 N–H and O–H groups in total. The van der Waals surface area contributed by atoms with Crippen LogP contribution in [0.15, 0.2) is 6.20 Å². The highest BCUT2D eigenvalue weighted by Gasteiger charge is 2.03. The van der Waals surface area contributed by atoms with Gasteiger partial charge in [-0.15, -0.1) is 11.6 Å². The molecule has 1 aromatic rings. The summed E-state index contributed by atoms with van der Waals surface area (Å²) < 4.78 is 0. The third-order valence-corrected chi connectivity index (χ3v) is 2.47. The van der Waals surface area contributed by atoms with E-state index in [0.29, 0.717) is 18.8 Å². The molecule has 1 rings (SSSR count). The number of carbonyl (C=O) groups is 1. The van der Waals surface area contributed by atoms with E-state index in [1.165, 1.54) is 0 Å². The highest BCUT2D eigenvalue weighted by Crippen LogP contribution is 2.02. The Balaban J connectivity index is 2.20. The molecule has 0 atom stereocenters. The largest absolute Gasteiger partial charge is 0.352 e. The van der Waals surface area contributed by atoms with E-state index in [0.717, 1.165) is 24.1 Å². The summed E-state index contributed by atoms with van der Waals surface area (Å²) in [5.41, 5.74) is 2.02. The van der Waals surface area contributed by atoms with Crippen molar-refractivity contribution in [3.63, 3.8) is 0 Å². The minimum atomic E-state index is 0.0701. The molecular weight excluding hydrogens is 214 g/mol. The van der Waals surface area contributed by atoms with Gasteiger partial charge in [0.1, 0.15) is 0 Å². The van der Waals surface area contributed by atoms with Gasteiger partial charge >= 0.3 is 0 Å². The lowest BCUT2D eigenvalue weighted by Crippen LogP contribution is -2.22. The van der Waals surface area contributed by atoms with E-state index >= 15 is 0 Å². The van der Waals surface area contributed by atoms with Gasteiger partial charge in [-0.25, -0.2) is 0 Å². The molecular formula is C10H16ClN3O. The van der Waals surface area contributed by atoms with E-state index in [9.17, 15) is 4.79 Å². The molecule has 0 aliphatic rings. The van der Waals surface area contributed by atoms with Crippen molar-refractivity contribution < 1.29 is 4.79 Å². The molecule has 5 heteroatoms. The van der Waals surface area contributed by atoms with Crippen molar-refractivity contribution >= 4 is 17.5 Å². The molecule has 0 radical (unpaired) electrons. The van der Waals surface area contributed by atoms with E-state index < -0.39 is 0 Å². The van der Waals surface area contributed by atoms with Crippen LogP contribution in [-0.2, 0) is 11.3 Å². The molecule has 15 heavy (non-hydrogen) atoms. The Bertz CT molecular complexity index is 311. The van der Waals surface area contributed by atoms with Gasteiger partial charge in [-0.1, -0.05) is 0 Å². The van der Waals surface area contributed by atoms with Gasteiger partial charge in [-0.05, 0) is 19.8 Å². The average Bonchev–Trinajstić information content (AvgIpc) is 2.61. The van der Waals surface area contributed by atoms with Crippen molar-refractivity contribution in [1.82, 2.24) is 15.5 Å². The van der Waals surface area contributed by atoms with Gasteiger partial charge in [0.2, 0.25) is 5.91 Å². The number of hydrogen-bond donors (Lipinski definition) is 2. The van der Waals surface area contributed by atoms with Crippen molar-refractivity contribution in [3.05, 3.63) is 17.5 Å². The smallest absolute Gasteiger partial charge is 0.220 e. The van der Waals surface area contributed by atoms with Crippen LogP contribution in [-0.4, -0.2) is 22.0 Å². The molecule has 0 fully saturated rings. The molecule has 0 aliphatic carbocycles. The summed E-state index contributed by atoms with van der Waals surface area (Å²) in [6.45, 7) is 2.48. The van der Waals surface area contributed by atoms with Crippen LogP contribution in [0.5, 0.6) is 0 Å². The maximum atomic E-state index is 11.3. The van der Waals surface area contributed by atoms with E-state index in [2.05, 4.69) is 15.5 Å². The van der Waals surface area contributed by atoms with Crippen molar-refractivity contribution in [1.29, 1.82) is 0 Å². The number of rotatable bonds is 6. The number of carbonyl (C=O) groups excluding carboxylic acids is 1. The lowest BCUT2D eigenvalue weighted by molar-refractivity contribution is -0.121. The lowest BCUT2D eigenvalue weighted by Gasteiger charge is -2.03. The van der Waals surface area contributed by atoms with Gasteiger partial charge in [0.25, 0.3) is 0 Å². The van der Waals surface area contributed by atoms with Crippen LogP contribution in [0, 0.1) is 6.92 Å². The fourth-order valence-corrected chi connectivity index (χ4v) is 1.41. The Morgan fingerprint density at radius 1 is 1.60 bits per heavy atom. The maximum Gasteiger partial charge on any atom is 0.220 e. The van der Waals surface area contributed by atoms with Crippen molar-refractivity contribution in [3.8, 4) is 0 Å². The number of amides is 1. The molecule has 1 aromatic heterocycles. The van der Waals surface area contributed by atoms with Gasteiger partial charge in [0, 0.05) is 30.1 Å². The molecule has 1 heterocycles. The van der Waals surface area contributed by atoms with Crippen molar-refractivity contribution in [2.75, 3.05) is 5.88 Å². The molecule has 4 nitrogen and oxygen atoms in total. The first-order valence-electron chi connectivity index (χ1n) is 5.05. The Morgan fingerprint density at radius 3 is 3.00 bits per heavy atom. The Hall–Kier alpha value is -1.03. The minimum Gasteiger partial charge on any atom is -0.352 e. The molecule has 1 amide bonds. The normalized spacial score (nSPS) is 10.3. The van der Waals surface area contributed by atoms with Crippen LogP contribution in [0.1, 0.15) is 30.5 Å². The summed E-state index contributed by atoms with van der Waals surface area (Å²) in [5.74, 6) is 0.689. The molecule has 0 aromatic carbocycles. The highest BCUT2D eigenvalue weighted by molar-refractivity contribution is 6.17. The topological polar surface area (TPSA) is 57.8 Å². The number of alkyl halides is 1. The first-order valence-corrected chi connectivity index (χ1v) is 5.59. The zero-order valence-corrected chi connectivity index (χ0v) is 9.60. The van der Waals surface area contributed by atoms with Gasteiger partial charge in [0.05, 0.1) is 6.20 Å². The van der Waals surface area contributed by atoms with Crippen LogP contribution >= 0.6 is 11.6 Å². The zero-order chi connectivity index (χ0) is 11.1. The van der Waals surface area contributed by atoms with Gasteiger partial charge < -0.3 is 5.32 Å². The fraction of sp³-hybridized carbons (Fsp3) is 0.600. The summed E-state index contributed by atoms with van der Waals surface area (Å²) in [6, 6.07) is 0. The average molecular weight is 230 g/mol. The number of hydrogen-bond acceptors (Lipinski definition) is 2. The SMILES string of the molecule is Cc1[nH]ncc1CNC(=O)CCCCCl. The summed E-state index contributed by atoms with van der Waals surface area (Å²) in [5, 5.41) is 9.55. The minimum absolute atomic E-state index is 0.0701. The third kappa shape index (κ3) is 4.34. The first kappa shape index (κ1) is 12.0. The summed E-state index contributed by atoms with van der Waals surface area (Å²) in [6.07, 6.45) is 4.01. The predicted molar refractivity (Wildman–Crippen MR) is 59.7 cm³/mol. The van der Waals surface area contributed by atoms with Gasteiger partial charge in [0.15, 0.2) is 0 Å². The second-order valence-corrected chi connectivity index (χ2v) is 3.82. The van der Waals surface area contributed by atoms with Crippen LogP contribution in [0.2, 0.25) is 0 Å². The van der Waals surface area contributed by atoms with Crippen LogP contribution < -0.4 is 5.32 Å². The van der Waals surface area contributed by atoms with Crippen molar-refractivity contribution in [2.24, 2.45) is 0 Å². The Labute approximate surface area is 94.4 Å². The monoisotopic (exact) mass is 229 g/mol. The molecule has 84 valence electrons. The van der Waals surface area contributed by atoms with Crippen molar-refractivity contribution in [2.45, 2.75) is 32.7 Å². The maximum absolute atomic E-state index is 11.3. The van der Waals surface area contributed by atoms with E-state index in [1.807, 2.05) is 6.92 Å². The van der Waals surface area contributed by atoms with Crippen LogP contribution in [0.3, 0.4) is 0 Å². The zero-order valence-electron chi connectivity index (χ0n) is 8.85. The number of unbranched alkanes of at least 4 members (excludes halogenated alkanes) is 1. The standard InChI is InChI=1S/C10H16ClN3O/c1-8-9(7-13-14-8)6-12-10(15)4-2-3-5-11/h7H,2-6H2,1H3,(H,12,15)(H,13,14). The first-order chi connectivity index (χ1) is 7.24. The van der Waals surface area contributed by atoms with Gasteiger partial charge in [-0.2, -0.15) is 5.10 Å². The number of nitrogens with one attached hydrogen (secondary N) is 2. The fourth-order valence-electron chi connectivity index (χ4n) is 1.22. The Morgan fingerprint density at radius 2 is 2.40 bits per heavy atom. The number of nitrogens with zero attached hydrogens (tertiary/aromatic N) is 1. The molecule has 0 aliphatic heterocycles. The number of aromatic nitrogens is 2. The summed E-state index contributed by atoms with van der Waals surface area (Å²) in [4.78, 5) is 11.3. The lowest BCUT2D eigenvalue weighted by atomic mass is 10.2. The predicted octanol–water partition coefficient (Wildman–Crippen LogP) is 1.74. The van der Waals surface area contributed by atoms with E-state index in [-0.39, 0.29) is 5.91 Å². The quantitative estimate of drug-likeness (QED) is 0.577. The molecule has 0 unspecified atom stereocenters.